The molecular weight excluding hydrogens is 288 g/mol. The van der Waals surface area contributed by atoms with Crippen molar-refractivity contribution >= 4 is 16.8 Å². The largest absolute Gasteiger partial charge is 0.361 e. The normalized spacial score (nSPS) is 17.7. The van der Waals surface area contributed by atoms with Crippen LogP contribution in [0.5, 0.6) is 0 Å². The average molecular weight is 306 g/mol. The van der Waals surface area contributed by atoms with E-state index in [1.54, 1.807) is 0 Å². The van der Waals surface area contributed by atoms with Gasteiger partial charge in [0.25, 0.3) is 0 Å². The third-order valence-electron chi connectivity index (χ3n) is 4.31. The monoisotopic (exact) mass is 306 g/mol. The number of rotatable bonds is 3. The van der Waals surface area contributed by atoms with Gasteiger partial charge in [0.1, 0.15) is 0 Å². The molecular formula is C19H18N2O2. The topological polar surface area (TPSA) is 45.3 Å². The smallest absolute Gasteiger partial charge is 0.229 e. The Morgan fingerprint density at radius 2 is 1.91 bits per heavy atom. The highest BCUT2D eigenvalue weighted by atomic mass is 16.5. The van der Waals surface area contributed by atoms with Crippen LogP contribution in [0.15, 0.2) is 60.8 Å². The second kappa shape index (κ2) is 5.89. The first-order chi connectivity index (χ1) is 11.3. The van der Waals surface area contributed by atoms with Crippen LogP contribution < -0.4 is 0 Å². The first kappa shape index (κ1) is 14.0. The summed E-state index contributed by atoms with van der Waals surface area (Å²) in [5, 5.41) is 1.11. The molecule has 0 bridgehead atoms. The predicted octanol–water partition coefficient (Wildman–Crippen LogP) is 3.27. The van der Waals surface area contributed by atoms with E-state index in [2.05, 4.69) is 4.98 Å². The second-order valence-electron chi connectivity index (χ2n) is 5.76. The summed E-state index contributed by atoms with van der Waals surface area (Å²) < 4.78 is 5.78. The van der Waals surface area contributed by atoms with Gasteiger partial charge in [-0.2, -0.15) is 0 Å². The molecule has 4 nitrogen and oxygen atoms in total. The maximum atomic E-state index is 12.8. The van der Waals surface area contributed by atoms with Gasteiger partial charge in [-0.15, -0.1) is 0 Å². The quantitative estimate of drug-likeness (QED) is 0.807. The van der Waals surface area contributed by atoms with Crippen molar-refractivity contribution in [2.75, 3.05) is 13.2 Å². The molecule has 2 heterocycles. The Morgan fingerprint density at radius 1 is 1.13 bits per heavy atom. The number of ether oxygens (including phenoxy) is 1. The van der Waals surface area contributed by atoms with Gasteiger partial charge >= 0.3 is 0 Å². The van der Waals surface area contributed by atoms with E-state index in [1.165, 1.54) is 0 Å². The molecule has 0 saturated carbocycles. The summed E-state index contributed by atoms with van der Waals surface area (Å²) in [5.74, 6) is 0.0982. The molecule has 1 atom stereocenters. The van der Waals surface area contributed by atoms with Gasteiger partial charge in [-0.25, -0.2) is 0 Å². The van der Waals surface area contributed by atoms with Crippen LogP contribution in [-0.4, -0.2) is 28.9 Å². The van der Waals surface area contributed by atoms with Crippen molar-refractivity contribution in [3.8, 4) is 0 Å². The number of para-hydroxylation sites is 1. The van der Waals surface area contributed by atoms with Crippen molar-refractivity contribution in [2.24, 2.45) is 0 Å². The Balaban J connectivity index is 1.56. The van der Waals surface area contributed by atoms with Crippen molar-refractivity contribution in [1.29, 1.82) is 0 Å². The van der Waals surface area contributed by atoms with Gasteiger partial charge in [0.15, 0.2) is 6.23 Å². The van der Waals surface area contributed by atoms with Crippen molar-refractivity contribution < 1.29 is 9.53 Å². The van der Waals surface area contributed by atoms with Gasteiger partial charge in [0, 0.05) is 29.2 Å². The van der Waals surface area contributed by atoms with Crippen LogP contribution in [0.1, 0.15) is 17.4 Å². The Kier molecular flexibility index (Phi) is 3.60. The molecule has 0 aliphatic carbocycles. The summed E-state index contributed by atoms with van der Waals surface area (Å²) in [6.45, 7) is 1.22. The Labute approximate surface area is 134 Å². The standard InChI is InChI=1S/C19H18N2O2/c22-18(12-15-13-20-17-9-5-4-8-16(15)17)21-10-11-23-19(21)14-6-2-1-3-7-14/h1-9,13,19-20H,10-12H2. The lowest BCUT2D eigenvalue weighted by molar-refractivity contribution is -0.135. The SMILES string of the molecule is O=C(Cc1c[nH]c2ccccc12)N1CCOC1c1ccccc1. The number of nitrogens with zero attached hydrogens (tertiary/aromatic N) is 1. The van der Waals surface area contributed by atoms with Crippen molar-refractivity contribution in [2.45, 2.75) is 12.6 Å². The molecule has 1 aliphatic rings. The number of fused-ring (bicyclic) bond motifs is 1. The minimum Gasteiger partial charge on any atom is -0.361 e. The summed E-state index contributed by atoms with van der Waals surface area (Å²) in [6, 6.07) is 18.0. The second-order valence-corrected chi connectivity index (χ2v) is 5.76. The van der Waals surface area contributed by atoms with Gasteiger partial charge in [-0.1, -0.05) is 48.5 Å². The highest BCUT2D eigenvalue weighted by Crippen LogP contribution is 2.28. The molecule has 1 amide bonds. The molecule has 116 valence electrons. The average Bonchev–Trinajstić information content (AvgIpc) is 3.23. The molecule has 3 aromatic rings. The summed E-state index contributed by atoms with van der Waals surface area (Å²) in [4.78, 5) is 17.8. The number of aromatic amines is 1. The molecule has 1 fully saturated rings. The van der Waals surface area contributed by atoms with Crippen molar-refractivity contribution in [3.05, 3.63) is 71.9 Å². The fraction of sp³-hybridized carbons (Fsp3) is 0.211. The predicted molar refractivity (Wildman–Crippen MR) is 88.9 cm³/mol. The maximum Gasteiger partial charge on any atom is 0.229 e. The Bertz CT molecular complexity index is 826. The van der Waals surface area contributed by atoms with Crippen LogP contribution in [0, 0.1) is 0 Å². The molecule has 4 heteroatoms. The molecule has 1 N–H and O–H groups in total. The molecule has 0 spiro atoms. The number of aromatic nitrogens is 1. The minimum absolute atomic E-state index is 0.0982. The number of carbonyl (C=O) groups is 1. The van der Waals surface area contributed by atoms with Crippen LogP contribution in [0.25, 0.3) is 10.9 Å². The van der Waals surface area contributed by atoms with E-state index in [4.69, 9.17) is 4.74 Å². The van der Waals surface area contributed by atoms with Crippen LogP contribution >= 0.6 is 0 Å². The van der Waals surface area contributed by atoms with E-state index in [9.17, 15) is 4.79 Å². The molecule has 0 radical (unpaired) electrons. The zero-order valence-corrected chi connectivity index (χ0v) is 12.7. The zero-order chi connectivity index (χ0) is 15.6. The molecule has 1 unspecified atom stereocenters. The number of carbonyl (C=O) groups excluding carboxylic acids is 1. The third kappa shape index (κ3) is 2.62. The number of hydrogen-bond donors (Lipinski definition) is 1. The number of amides is 1. The highest BCUT2D eigenvalue weighted by Gasteiger charge is 2.30. The summed E-state index contributed by atoms with van der Waals surface area (Å²) in [5.41, 5.74) is 3.12. The van der Waals surface area contributed by atoms with Crippen molar-refractivity contribution in [1.82, 2.24) is 9.88 Å². The number of nitrogens with one attached hydrogen (secondary N) is 1. The lowest BCUT2D eigenvalue weighted by Gasteiger charge is -2.23. The maximum absolute atomic E-state index is 12.8. The summed E-state index contributed by atoms with van der Waals surface area (Å²) in [7, 11) is 0. The number of hydrogen-bond acceptors (Lipinski definition) is 2. The van der Waals surface area contributed by atoms with Crippen LogP contribution in [0.3, 0.4) is 0 Å². The number of benzene rings is 2. The summed E-state index contributed by atoms with van der Waals surface area (Å²) >= 11 is 0. The van der Waals surface area contributed by atoms with Crippen LogP contribution in [0.4, 0.5) is 0 Å². The van der Waals surface area contributed by atoms with Gasteiger partial charge in [0.05, 0.1) is 13.0 Å². The van der Waals surface area contributed by atoms with E-state index in [0.717, 1.165) is 22.0 Å². The van der Waals surface area contributed by atoms with Crippen LogP contribution in [0.2, 0.25) is 0 Å². The van der Waals surface area contributed by atoms with E-state index < -0.39 is 0 Å². The van der Waals surface area contributed by atoms with E-state index in [0.29, 0.717) is 19.6 Å². The highest BCUT2D eigenvalue weighted by molar-refractivity contribution is 5.89. The fourth-order valence-corrected chi connectivity index (χ4v) is 3.16. The van der Waals surface area contributed by atoms with Crippen molar-refractivity contribution in [3.63, 3.8) is 0 Å². The third-order valence-corrected chi connectivity index (χ3v) is 4.31. The Hall–Kier alpha value is -2.59. The first-order valence-electron chi connectivity index (χ1n) is 7.84. The lowest BCUT2D eigenvalue weighted by atomic mass is 10.1. The molecule has 4 rings (SSSR count). The van der Waals surface area contributed by atoms with E-state index >= 15 is 0 Å². The molecule has 2 aromatic carbocycles. The first-order valence-corrected chi connectivity index (χ1v) is 7.84. The molecule has 1 aliphatic heterocycles. The minimum atomic E-state index is -0.270. The molecule has 1 aromatic heterocycles. The van der Waals surface area contributed by atoms with E-state index in [-0.39, 0.29) is 12.1 Å². The van der Waals surface area contributed by atoms with E-state index in [1.807, 2.05) is 65.7 Å². The lowest BCUT2D eigenvalue weighted by Crippen LogP contribution is -2.32. The van der Waals surface area contributed by atoms with Crippen LogP contribution in [-0.2, 0) is 16.0 Å². The number of H-pyrrole nitrogens is 1. The van der Waals surface area contributed by atoms with Gasteiger partial charge in [-0.05, 0) is 11.6 Å². The molecule has 23 heavy (non-hydrogen) atoms. The van der Waals surface area contributed by atoms with Gasteiger partial charge < -0.3 is 14.6 Å². The van der Waals surface area contributed by atoms with Gasteiger partial charge in [-0.3, -0.25) is 4.79 Å². The Morgan fingerprint density at radius 3 is 2.78 bits per heavy atom. The van der Waals surface area contributed by atoms with Gasteiger partial charge in [0.2, 0.25) is 5.91 Å². The fourth-order valence-electron chi connectivity index (χ4n) is 3.16. The summed E-state index contributed by atoms with van der Waals surface area (Å²) in [6.07, 6.45) is 2.04. The zero-order valence-electron chi connectivity index (χ0n) is 12.7. The molecule has 1 saturated heterocycles.